The number of carboxylic acid groups (broad SMARTS) is 1. The molecule has 1 aliphatic heterocycles. The predicted molar refractivity (Wildman–Crippen MR) is 67.3 cm³/mol. The van der Waals surface area contributed by atoms with Gasteiger partial charge in [-0.2, -0.15) is 0 Å². The van der Waals surface area contributed by atoms with Crippen LogP contribution < -0.4 is 4.90 Å². The Bertz CT molecular complexity index is 380. The first-order valence-corrected chi connectivity index (χ1v) is 5.88. The number of para-hydroxylation sites is 1. The molecular weight excluding hydrogens is 216 g/mol. The molecule has 0 radical (unpaired) electrons. The van der Waals surface area contributed by atoms with Crippen LogP contribution in [-0.2, 0) is 4.79 Å². The number of hydrogen-bond donors (Lipinski definition) is 1. The Kier molecular flexibility index (Phi) is 3.64. The third-order valence-corrected chi connectivity index (χ3v) is 3.20. The largest absolute Gasteiger partial charge is 0.481 e. The Labute approximate surface area is 101 Å². The van der Waals surface area contributed by atoms with Crippen LogP contribution >= 0.6 is 0 Å². The minimum Gasteiger partial charge on any atom is -0.481 e. The first kappa shape index (κ1) is 11.9. The molecule has 1 saturated heterocycles. The summed E-state index contributed by atoms with van der Waals surface area (Å²) >= 11 is 0. The first-order valence-electron chi connectivity index (χ1n) is 5.88. The molecule has 92 valence electrons. The van der Waals surface area contributed by atoms with Gasteiger partial charge in [-0.3, -0.25) is 4.79 Å². The second kappa shape index (κ2) is 5.19. The Morgan fingerprint density at radius 1 is 1.24 bits per heavy atom. The van der Waals surface area contributed by atoms with E-state index in [-0.39, 0.29) is 5.92 Å². The summed E-state index contributed by atoms with van der Waals surface area (Å²) in [6.07, 6.45) is 0. The average Bonchev–Trinajstić information content (AvgIpc) is 2.52. The molecule has 2 rings (SSSR count). The van der Waals surface area contributed by atoms with E-state index >= 15 is 0 Å². The summed E-state index contributed by atoms with van der Waals surface area (Å²) in [5, 5.41) is 9.19. The second-order valence-electron chi connectivity index (χ2n) is 4.58. The van der Waals surface area contributed by atoms with Gasteiger partial charge in [0.25, 0.3) is 0 Å². The molecule has 1 aromatic carbocycles. The smallest absolute Gasteiger partial charge is 0.309 e. The molecule has 1 atom stereocenters. The van der Waals surface area contributed by atoms with Crippen molar-refractivity contribution >= 4 is 11.7 Å². The quantitative estimate of drug-likeness (QED) is 0.833. The van der Waals surface area contributed by atoms with Crippen LogP contribution in [0.15, 0.2) is 30.3 Å². The molecule has 0 saturated carbocycles. The minimum absolute atomic E-state index is 0.317. The molecule has 4 heteroatoms. The Hall–Kier alpha value is -1.55. The number of anilines is 1. The lowest BCUT2D eigenvalue weighted by atomic mass is 10.1. The van der Waals surface area contributed by atoms with Crippen molar-refractivity contribution in [2.24, 2.45) is 5.92 Å². The SMILES string of the molecule is CN1CCN(c2ccccc2)CC(C(=O)O)C1. The van der Waals surface area contributed by atoms with E-state index in [1.54, 1.807) is 0 Å². The fourth-order valence-electron chi connectivity index (χ4n) is 2.20. The normalized spacial score (nSPS) is 22.2. The lowest BCUT2D eigenvalue weighted by Crippen LogP contribution is -2.33. The van der Waals surface area contributed by atoms with Crippen molar-refractivity contribution in [3.63, 3.8) is 0 Å². The molecule has 1 heterocycles. The molecule has 1 N–H and O–H groups in total. The number of aliphatic carboxylic acids is 1. The number of hydrogen-bond acceptors (Lipinski definition) is 3. The number of nitrogens with zero attached hydrogens (tertiary/aromatic N) is 2. The molecule has 0 spiro atoms. The summed E-state index contributed by atoms with van der Waals surface area (Å²) in [4.78, 5) is 15.4. The number of rotatable bonds is 2. The van der Waals surface area contributed by atoms with Crippen LogP contribution in [0.4, 0.5) is 5.69 Å². The van der Waals surface area contributed by atoms with Gasteiger partial charge in [0, 0.05) is 31.9 Å². The summed E-state index contributed by atoms with van der Waals surface area (Å²) in [5.74, 6) is -1.03. The summed E-state index contributed by atoms with van der Waals surface area (Å²) < 4.78 is 0. The highest BCUT2D eigenvalue weighted by Gasteiger charge is 2.26. The van der Waals surface area contributed by atoms with Gasteiger partial charge >= 0.3 is 5.97 Å². The third-order valence-electron chi connectivity index (χ3n) is 3.20. The van der Waals surface area contributed by atoms with Crippen molar-refractivity contribution < 1.29 is 9.90 Å². The van der Waals surface area contributed by atoms with Crippen LogP contribution in [0, 0.1) is 5.92 Å². The lowest BCUT2D eigenvalue weighted by molar-refractivity contribution is -0.141. The van der Waals surface area contributed by atoms with Crippen LogP contribution in [-0.4, -0.2) is 49.2 Å². The van der Waals surface area contributed by atoms with E-state index in [9.17, 15) is 9.90 Å². The topological polar surface area (TPSA) is 43.8 Å². The van der Waals surface area contributed by atoms with E-state index in [0.717, 1.165) is 18.8 Å². The molecular formula is C13H18N2O2. The maximum Gasteiger partial charge on any atom is 0.309 e. The maximum atomic E-state index is 11.2. The first-order chi connectivity index (χ1) is 8.16. The van der Waals surface area contributed by atoms with Crippen molar-refractivity contribution in [1.29, 1.82) is 0 Å². The molecule has 1 unspecified atom stereocenters. The summed E-state index contributed by atoms with van der Waals surface area (Å²) in [7, 11) is 1.98. The van der Waals surface area contributed by atoms with Crippen LogP contribution in [0.2, 0.25) is 0 Å². The minimum atomic E-state index is -0.709. The van der Waals surface area contributed by atoms with Crippen molar-refractivity contribution in [2.45, 2.75) is 0 Å². The maximum absolute atomic E-state index is 11.2. The van der Waals surface area contributed by atoms with Crippen molar-refractivity contribution in [2.75, 3.05) is 38.1 Å². The Morgan fingerprint density at radius 2 is 1.94 bits per heavy atom. The number of carbonyl (C=O) groups is 1. The van der Waals surface area contributed by atoms with Gasteiger partial charge in [0.15, 0.2) is 0 Å². The van der Waals surface area contributed by atoms with E-state index in [1.165, 1.54) is 0 Å². The van der Waals surface area contributed by atoms with Crippen LogP contribution in [0.3, 0.4) is 0 Å². The number of likely N-dealkylation sites (N-methyl/N-ethyl adjacent to an activating group) is 1. The van der Waals surface area contributed by atoms with Crippen LogP contribution in [0.25, 0.3) is 0 Å². The van der Waals surface area contributed by atoms with E-state index in [4.69, 9.17) is 0 Å². The van der Waals surface area contributed by atoms with Gasteiger partial charge in [0.1, 0.15) is 0 Å². The fraction of sp³-hybridized carbons (Fsp3) is 0.462. The standard InChI is InChI=1S/C13H18N2O2/c1-14-7-8-15(10-11(9-14)13(16)17)12-5-3-2-4-6-12/h2-6,11H,7-10H2,1H3,(H,16,17). The highest BCUT2D eigenvalue weighted by atomic mass is 16.4. The van der Waals surface area contributed by atoms with E-state index in [0.29, 0.717) is 13.1 Å². The predicted octanol–water partition coefficient (Wildman–Crippen LogP) is 1.14. The molecule has 1 fully saturated rings. The van der Waals surface area contributed by atoms with Crippen LogP contribution in [0.5, 0.6) is 0 Å². The summed E-state index contributed by atoms with van der Waals surface area (Å²) in [6.45, 7) is 2.99. The third kappa shape index (κ3) is 2.97. The fourth-order valence-corrected chi connectivity index (χ4v) is 2.20. The summed E-state index contributed by atoms with van der Waals surface area (Å²) in [5.41, 5.74) is 1.11. The second-order valence-corrected chi connectivity index (χ2v) is 4.58. The monoisotopic (exact) mass is 234 g/mol. The zero-order valence-corrected chi connectivity index (χ0v) is 10.0. The zero-order valence-electron chi connectivity index (χ0n) is 10.0. The zero-order chi connectivity index (χ0) is 12.3. The van der Waals surface area contributed by atoms with Crippen molar-refractivity contribution in [3.8, 4) is 0 Å². The summed E-state index contributed by atoms with van der Waals surface area (Å²) in [6, 6.07) is 10.0. The molecule has 0 aliphatic carbocycles. The Balaban J connectivity index is 2.15. The molecule has 17 heavy (non-hydrogen) atoms. The molecule has 0 amide bonds. The van der Waals surface area contributed by atoms with Gasteiger partial charge in [0.05, 0.1) is 5.92 Å². The molecule has 0 bridgehead atoms. The van der Waals surface area contributed by atoms with Gasteiger partial charge in [-0.25, -0.2) is 0 Å². The lowest BCUT2D eigenvalue weighted by Gasteiger charge is -2.24. The highest BCUT2D eigenvalue weighted by molar-refractivity contribution is 5.71. The molecule has 1 aromatic rings. The van der Waals surface area contributed by atoms with E-state index < -0.39 is 5.97 Å². The van der Waals surface area contributed by atoms with Gasteiger partial charge in [0.2, 0.25) is 0 Å². The molecule has 1 aliphatic rings. The average molecular weight is 234 g/mol. The van der Waals surface area contributed by atoms with Gasteiger partial charge in [-0.1, -0.05) is 18.2 Å². The number of carboxylic acids is 1. The van der Waals surface area contributed by atoms with Gasteiger partial charge in [-0.15, -0.1) is 0 Å². The molecule has 0 aromatic heterocycles. The van der Waals surface area contributed by atoms with Crippen molar-refractivity contribution in [1.82, 2.24) is 4.90 Å². The van der Waals surface area contributed by atoms with Crippen LogP contribution in [0.1, 0.15) is 0 Å². The van der Waals surface area contributed by atoms with E-state index in [1.807, 2.05) is 37.4 Å². The molecule has 4 nitrogen and oxygen atoms in total. The Morgan fingerprint density at radius 3 is 2.59 bits per heavy atom. The van der Waals surface area contributed by atoms with E-state index in [2.05, 4.69) is 9.80 Å². The van der Waals surface area contributed by atoms with Gasteiger partial charge < -0.3 is 14.9 Å². The van der Waals surface area contributed by atoms with Crippen molar-refractivity contribution in [3.05, 3.63) is 30.3 Å². The number of benzene rings is 1. The van der Waals surface area contributed by atoms with Gasteiger partial charge in [-0.05, 0) is 19.2 Å². The highest BCUT2D eigenvalue weighted by Crippen LogP contribution is 2.18.